The van der Waals surface area contributed by atoms with E-state index >= 15 is 0 Å². The number of carbonyl (C=O) groups is 1. The molecule has 1 aliphatic heterocycles. The van der Waals surface area contributed by atoms with E-state index in [0.29, 0.717) is 31.1 Å². The molecular weight excluding hydrogens is 422 g/mol. The highest BCUT2D eigenvalue weighted by Crippen LogP contribution is 2.29. The zero-order valence-electron chi connectivity index (χ0n) is 20.3. The van der Waals surface area contributed by atoms with Gasteiger partial charge in [-0.1, -0.05) is 23.8 Å². The van der Waals surface area contributed by atoms with Crippen molar-refractivity contribution in [2.24, 2.45) is 0 Å². The van der Waals surface area contributed by atoms with Crippen LogP contribution in [0.25, 0.3) is 0 Å². The minimum atomic E-state index is -3.58. The van der Waals surface area contributed by atoms with E-state index < -0.39 is 10.0 Å². The van der Waals surface area contributed by atoms with Crippen molar-refractivity contribution in [2.45, 2.75) is 53.4 Å². The fraction of sp³-hybridized carbons (Fsp3) is 0.480. The van der Waals surface area contributed by atoms with E-state index in [4.69, 9.17) is 0 Å². The third-order valence-corrected chi connectivity index (χ3v) is 8.71. The molecule has 0 aromatic heterocycles. The predicted molar refractivity (Wildman–Crippen MR) is 130 cm³/mol. The molecule has 0 aliphatic carbocycles. The number of aryl methyl sites for hydroxylation is 5. The summed E-state index contributed by atoms with van der Waals surface area (Å²) in [6.45, 7) is 15.8. The van der Waals surface area contributed by atoms with Crippen molar-refractivity contribution in [1.29, 1.82) is 0 Å². The van der Waals surface area contributed by atoms with Crippen LogP contribution >= 0.6 is 0 Å². The Kier molecular flexibility index (Phi) is 7.12. The van der Waals surface area contributed by atoms with Crippen LogP contribution < -0.4 is 5.32 Å². The molecule has 1 saturated heterocycles. The van der Waals surface area contributed by atoms with Gasteiger partial charge in [0.15, 0.2) is 0 Å². The molecule has 2 aromatic carbocycles. The number of benzene rings is 2. The molecule has 0 bridgehead atoms. The lowest BCUT2D eigenvalue weighted by Crippen LogP contribution is -2.50. The zero-order chi connectivity index (χ0) is 23.8. The summed E-state index contributed by atoms with van der Waals surface area (Å²) in [4.78, 5) is 15.1. The Morgan fingerprint density at radius 1 is 0.812 bits per heavy atom. The van der Waals surface area contributed by atoms with E-state index in [-0.39, 0.29) is 12.5 Å². The van der Waals surface area contributed by atoms with Crippen molar-refractivity contribution >= 4 is 21.6 Å². The zero-order valence-corrected chi connectivity index (χ0v) is 21.1. The average Bonchev–Trinajstić information content (AvgIpc) is 2.69. The first-order valence-corrected chi connectivity index (χ1v) is 12.5. The Bertz CT molecular complexity index is 1100. The summed E-state index contributed by atoms with van der Waals surface area (Å²) in [5, 5.41) is 3.04. The van der Waals surface area contributed by atoms with Gasteiger partial charge in [0.1, 0.15) is 0 Å². The summed E-state index contributed by atoms with van der Waals surface area (Å²) >= 11 is 0. The largest absolute Gasteiger partial charge is 0.324 e. The summed E-state index contributed by atoms with van der Waals surface area (Å²) in [5.41, 5.74) is 7.74. The minimum Gasteiger partial charge on any atom is -0.324 e. The van der Waals surface area contributed by atoms with E-state index in [1.165, 1.54) is 5.56 Å². The number of hydrogen-bond acceptors (Lipinski definition) is 4. The standard InChI is InChI=1S/C25H35N3O3S/c1-16-12-19(4)24(20(5)13-16)26-23(29)15-27-8-10-28(11-9-27)32(30,31)25-21(6)17(2)14-18(3)22(25)7/h12-14H,8-11,15H2,1-7H3,(H,26,29). The van der Waals surface area contributed by atoms with Crippen LogP contribution in [0.4, 0.5) is 5.69 Å². The lowest BCUT2D eigenvalue weighted by Gasteiger charge is -2.34. The topological polar surface area (TPSA) is 69.7 Å². The number of hydrogen-bond donors (Lipinski definition) is 1. The Morgan fingerprint density at radius 2 is 1.31 bits per heavy atom. The highest BCUT2D eigenvalue weighted by molar-refractivity contribution is 7.89. The van der Waals surface area contributed by atoms with Crippen molar-refractivity contribution in [3.63, 3.8) is 0 Å². The molecule has 3 rings (SSSR count). The van der Waals surface area contributed by atoms with Crippen LogP contribution in [0.3, 0.4) is 0 Å². The number of amides is 1. The molecule has 0 saturated carbocycles. The molecule has 1 fully saturated rings. The van der Waals surface area contributed by atoms with E-state index in [1.807, 2.05) is 59.4 Å². The van der Waals surface area contributed by atoms with Gasteiger partial charge >= 0.3 is 0 Å². The number of carbonyl (C=O) groups excluding carboxylic acids is 1. The first-order valence-electron chi connectivity index (χ1n) is 11.1. The van der Waals surface area contributed by atoms with Gasteiger partial charge in [0.25, 0.3) is 0 Å². The van der Waals surface area contributed by atoms with Crippen LogP contribution in [0.15, 0.2) is 23.1 Å². The summed E-state index contributed by atoms with van der Waals surface area (Å²) in [6.07, 6.45) is 0. The van der Waals surface area contributed by atoms with Crippen LogP contribution in [0.2, 0.25) is 0 Å². The van der Waals surface area contributed by atoms with Gasteiger partial charge in [-0.25, -0.2) is 8.42 Å². The Hall–Kier alpha value is -2.22. The molecule has 1 amide bonds. The monoisotopic (exact) mass is 457 g/mol. The van der Waals surface area contributed by atoms with Crippen LogP contribution in [0, 0.1) is 48.5 Å². The van der Waals surface area contributed by atoms with E-state index in [0.717, 1.165) is 39.1 Å². The second-order valence-corrected chi connectivity index (χ2v) is 11.0. The lowest BCUT2D eigenvalue weighted by molar-refractivity contribution is -0.117. The van der Waals surface area contributed by atoms with Gasteiger partial charge in [0, 0.05) is 31.9 Å². The Balaban J connectivity index is 1.66. The first kappa shape index (κ1) is 24.4. The van der Waals surface area contributed by atoms with Crippen molar-refractivity contribution in [1.82, 2.24) is 9.21 Å². The van der Waals surface area contributed by atoms with Gasteiger partial charge in [-0.05, 0) is 81.8 Å². The maximum Gasteiger partial charge on any atom is 0.243 e. The summed E-state index contributed by atoms with van der Waals surface area (Å²) in [6, 6.07) is 6.16. The maximum atomic E-state index is 13.4. The van der Waals surface area contributed by atoms with E-state index in [1.54, 1.807) is 4.31 Å². The first-order chi connectivity index (χ1) is 14.9. The van der Waals surface area contributed by atoms with Gasteiger partial charge in [0.2, 0.25) is 15.9 Å². The normalized spacial score (nSPS) is 15.7. The third-order valence-electron chi connectivity index (χ3n) is 6.54. The molecule has 0 radical (unpaired) electrons. The molecule has 0 atom stereocenters. The van der Waals surface area contributed by atoms with E-state index in [9.17, 15) is 13.2 Å². The molecule has 0 spiro atoms. The van der Waals surface area contributed by atoms with Gasteiger partial charge < -0.3 is 5.32 Å². The molecule has 174 valence electrons. The van der Waals surface area contributed by atoms with Crippen molar-refractivity contribution < 1.29 is 13.2 Å². The molecule has 2 aromatic rings. The number of nitrogens with zero attached hydrogens (tertiary/aromatic N) is 2. The predicted octanol–water partition coefficient (Wildman–Crippen LogP) is 3.79. The maximum absolute atomic E-state index is 13.4. The second kappa shape index (κ2) is 9.33. The fourth-order valence-electron chi connectivity index (χ4n) is 4.58. The number of nitrogens with one attached hydrogen (secondary N) is 1. The number of anilines is 1. The summed E-state index contributed by atoms with van der Waals surface area (Å²) in [5.74, 6) is -0.0719. The minimum absolute atomic E-state index is 0.0719. The highest BCUT2D eigenvalue weighted by Gasteiger charge is 2.32. The van der Waals surface area contributed by atoms with E-state index in [2.05, 4.69) is 17.4 Å². The van der Waals surface area contributed by atoms with Crippen molar-refractivity contribution in [2.75, 3.05) is 38.0 Å². The quantitative estimate of drug-likeness (QED) is 0.742. The molecule has 1 aliphatic rings. The fourth-order valence-corrected chi connectivity index (χ4v) is 6.58. The molecule has 0 unspecified atom stereocenters. The number of rotatable bonds is 5. The molecule has 1 N–H and O–H groups in total. The van der Waals surface area contributed by atoms with Crippen molar-refractivity contribution in [3.05, 3.63) is 57.1 Å². The summed E-state index contributed by atoms with van der Waals surface area (Å²) < 4.78 is 28.4. The van der Waals surface area contributed by atoms with Gasteiger partial charge in [0.05, 0.1) is 11.4 Å². The average molecular weight is 458 g/mol. The Morgan fingerprint density at radius 3 is 1.81 bits per heavy atom. The molecule has 6 nitrogen and oxygen atoms in total. The third kappa shape index (κ3) is 4.90. The molecule has 32 heavy (non-hydrogen) atoms. The van der Waals surface area contributed by atoms with Gasteiger partial charge in [-0.2, -0.15) is 4.31 Å². The molecule has 7 heteroatoms. The molecule has 1 heterocycles. The van der Waals surface area contributed by atoms with Crippen molar-refractivity contribution in [3.8, 4) is 0 Å². The second-order valence-electron chi connectivity index (χ2n) is 9.09. The SMILES string of the molecule is Cc1cc(C)c(NC(=O)CN2CCN(S(=O)(=O)c3c(C)c(C)cc(C)c3C)CC2)c(C)c1. The number of sulfonamides is 1. The molecular formula is C25H35N3O3S. The van der Waals surface area contributed by atoms with Crippen LogP contribution in [0.1, 0.15) is 38.9 Å². The smallest absolute Gasteiger partial charge is 0.243 e. The Labute approximate surface area is 192 Å². The number of piperazine rings is 1. The van der Waals surface area contributed by atoms with Crippen LogP contribution in [0.5, 0.6) is 0 Å². The van der Waals surface area contributed by atoms with Gasteiger partial charge in [-0.15, -0.1) is 0 Å². The highest BCUT2D eigenvalue weighted by atomic mass is 32.2. The van der Waals surface area contributed by atoms with Crippen LogP contribution in [-0.2, 0) is 14.8 Å². The lowest BCUT2D eigenvalue weighted by atomic mass is 10.0. The van der Waals surface area contributed by atoms with Gasteiger partial charge in [-0.3, -0.25) is 9.69 Å². The summed E-state index contributed by atoms with van der Waals surface area (Å²) in [7, 11) is -3.58. The van der Waals surface area contributed by atoms with Crippen LogP contribution in [-0.4, -0.2) is 56.3 Å².